The van der Waals surface area contributed by atoms with Crippen molar-refractivity contribution >= 4 is 45.6 Å². The Labute approximate surface area is 188 Å². The molecule has 0 unspecified atom stereocenters. The third kappa shape index (κ3) is 3.71. The molecule has 31 heavy (non-hydrogen) atoms. The minimum absolute atomic E-state index is 1.30. The molecular formula is C24H32N4Si3. The summed E-state index contributed by atoms with van der Waals surface area (Å²) in [4.78, 5) is 0. The van der Waals surface area contributed by atoms with Crippen LogP contribution in [0, 0.1) is 0 Å². The minimum Gasteiger partial charge on any atom is -0.270 e. The Hall–Kier alpha value is -2.49. The summed E-state index contributed by atoms with van der Waals surface area (Å²) in [5.41, 5.74) is 0. The van der Waals surface area contributed by atoms with Crippen molar-refractivity contribution in [3.63, 3.8) is 0 Å². The van der Waals surface area contributed by atoms with Crippen LogP contribution in [0.2, 0.25) is 39.3 Å². The largest absolute Gasteiger partial charge is 0.371 e. The summed E-state index contributed by atoms with van der Waals surface area (Å²) in [7, 11) is -6.17. The Morgan fingerprint density at radius 2 is 0.871 bits per heavy atom. The zero-order chi connectivity index (χ0) is 22.3. The van der Waals surface area contributed by atoms with Gasteiger partial charge in [0, 0.05) is 23.0 Å². The predicted octanol–water partition coefficient (Wildman–Crippen LogP) is 2.82. The van der Waals surface area contributed by atoms with Gasteiger partial charge >= 0.3 is 8.40 Å². The average molecular weight is 461 g/mol. The van der Waals surface area contributed by atoms with Gasteiger partial charge in [0.25, 0.3) is 0 Å². The van der Waals surface area contributed by atoms with Gasteiger partial charge in [-0.3, -0.25) is 8.69 Å². The van der Waals surface area contributed by atoms with E-state index in [4.69, 9.17) is 10.2 Å². The molecule has 0 aliphatic heterocycles. The fraction of sp³-hybridized carbons (Fsp3) is 0.250. The van der Waals surface area contributed by atoms with Crippen molar-refractivity contribution in [2.75, 3.05) is 0 Å². The van der Waals surface area contributed by atoms with Crippen molar-refractivity contribution in [2.24, 2.45) is 0 Å². The van der Waals surface area contributed by atoms with Gasteiger partial charge in [-0.25, -0.2) is 0 Å². The molecule has 0 aliphatic carbocycles. The van der Waals surface area contributed by atoms with Gasteiger partial charge in [-0.05, 0) is 22.5 Å². The van der Waals surface area contributed by atoms with Crippen molar-refractivity contribution in [3.8, 4) is 0 Å². The van der Waals surface area contributed by atoms with E-state index in [2.05, 4.69) is 121 Å². The van der Waals surface area contributed by atoms with E-state index in [9.17, 15) is 0 Å². The first kappa shape index (κ1) is 21.7. The molecular weight excluding hydrogens is 429 g/mol. The van der Waals surface area contributed by atoms with Crippen molar-refractivity contribution in [3.05, 3.63) is 85.2 Å². The van der Waals surface area contributed by atoms with Crippen molar-refractivity contribution < 1.29 is 0 Å². The van der Waals surface area contributed by atoms with Gasteiger partial charge in [0.1, 0.15) is 0 Å². The fourth-order valence-corrected chi connectivity index (χ4v) is 14.0. The molecule has 0 saturated heterocycles. The molecule has 2 aromatic carbocycles. The zero-order valence-corrected chi connectivity index (χ0v) is 22.4. The molecule has 0 N–H and O–H groups in total. The summed E-state index contributed by atoms with van der Waals surface area (Å²) in [6.45, 7) is 14.4. The number of nitrogens with zero attached hydrogens (tertiary/aromatic N) is 4. The van der Waals surface area contributed by atoms with Gasteiger partial charge in [-0.2, -0.15) is 10.2 Å². The molecule has 0 spiro atoms. The van der Waals surface area contributed by atoms with Crippen LogP contribution in [0.25, 0.3) is 0 Å². The molecule has 7 heteroatoms. The maximum atomic E-state index is 5.05. The second kappa shape index (κ2) is 7.89. The lowest BCUT2D eigenvalue weighted by molar-refractivity contribution is 0.862. The highest BCUT2D eigenvalue weighted by Crippen LogP contribution is 2.15. The molecule has 0 saturated carbocycles. The molecule has 2 heterocycles. The first-order chi connectivity index (χ1) is 14.7. The van der Waals surface area contributed by atoms with Crippen LogP contribution in [0.5, 0.6) is 0 Å². The summed E-state index contributed by atoms with van der Waals surface area (Å²) in [6, 6.07) is 26.3. The lowest BCUT2D eigenvalue weighted by Crippen LogP contribution is -2.76. The second-order valence-electron chi connectivity index (χ2n) is 10.2. The number of aromatic nitrogens is 4. The third-order valence-electron chi connectivity index (χ3n) is 5.79. The Morgan fingerprint density at radius 3 is 1.19 bits per heavy atom. The molecule has 160 valence electrons. The van der Waals surface area contributed by atoms with E-state index in [1.54, 1.807) is 0 Å². The molecule has 0 atom stereocenters. The summed E-state index contributed by atoms with van der Waals surface area (Å²) in [5, 5.41) is 15.4. The molecule has 4 aromatic rings. The summed E-state index contributed by atoms with van der Waals surface area (Å²) in [6.07, 6.45) is 3.97. The number of hydrogen-bond acceptors (Lipinski definition) is 2. The molecule has 4 rings (SSSR count). The highest BCUT2D eigenvalue weighted by molar-refractivity contribution is 7.03. The van der Waals surface area contributed by atoms with Crippen LogP contribution < -0.4 is 21.0 Å². The Morgan fingerprint density at radius 1 is 0.516 bits per heavy atom. The summed E-state index contributed by atoms with van der Waals surface area (Å²) >= 11 is 0. The van der Waals surface area contributed by atoms with Crippen molar-refractivity contribution in [2.45, 2.75) is 39.3 Å². The topological polar surface area (TPSA) is 35.6 Å². The molecule has 0 fully saturated rings. The van der Waals surface area contributed by atoms with Crippen molar-refractivity contribution in [1.82, 2.24) is 18.9 Å². The first-order valence-electron chi connectivity index (χ1n) is 10.9. The van der Waals surface area contributed by atoms with E-state index in [0.717, 1.165) is 0 Å². The Kier molecular flexibility index (Phi) is 5.53. The highest BCUT2D eigenvalue weighted by Gasteiger charge is 2.49. The zero-order valence-electron chi connectivity index (χ0n) is 19.4. The predicted molar refractivity (Wildman–Crippen MR) is 139 cm³/mol. The van der Waals surface area contributed by atoms with E-state index >= 15 is 0 Å². The standard InChI is InChI=1S/C24H32N4Si3/c1-29(2,3)23-17-19-25-27(23)31(21-13-9-7-10-14-21,22-15-11-8-12-16-22)28-24(18-20-26-28)30(4,5)6/h7-20H,1-6H3. The lowest BCUT2D eigenvalue weighted by atomic mass is 10.4. The van der Waals surface area contributed by atoms with Crippen molar-refractivity contribution in [1.29, 1.82) is 0 Å². The summed E-state index contributed by atoms with van der Waals surface area (Å²) in [5.74, 6) is 0. The van der Waals surface area contributed by atoms with Gasteiger partial charge in [0.15, 0.2) is 0 Å². The fourth-order valence-electron chi connectivity index (χ4n) is 4.34. The van der Waals surface area contributed by atoms with Gasteiger partial charge in [-0.1, -0.05) is 99.9 Å². The van der Waals surface area contributed by atoms with Crippen LogP contribution >= 0.6 is 0 Å². The van der Waals surface area contributed by atoms with Gasteiger partial charge in [0.05, 0.1) is 16.1 Å². The number of benzene rings is 2. The normalized spacial score (nSPS) is 12.8. The van der Waals surface area contributed by atoms with Crippen LogP contribution in [0.3, 0.4) is 0 Å². The SMILES string of the molecule is C[Si](C)(C)c1ccnn1[Si](c1ccccc1)(c1ccccc1)n1nccc1[Si](C)(C)C. The van der Waals surface area contributed by atoms with Crippen LogP contribution in [0.4, 0.5) is 0 Å². The smallest absolute Gasteiger partial charge is 0.270 e. The van der Waals surface area contributed by atoms with Crippen LogP contribution in [-0.4, -0.2) is 43.4 Å². The maximum absolute atomic E-state index is 5.05. The molecule has 0 aliphatic rings. The average Bonchev–Trinajstić information content (AvgIpc) is 3.41. The summed E-state index contributed by atoms with van der Waals surface area (Å²) < 4.78 is 4.78. The van der Waals surface area contributed by atoms with E-state index in [1.165, 1.54) is 21.0 Å². The number of hydrogen-bond donors (Lipinski definition) is 0. The molecule has 4 nitrogen and oxygen atoms in total. The van der Waals surface area contributed by atoms with Gasteiger partial charge in [0.2, 0.25) is 0 Å². The first-order valence-corrected chi connectivity index (χ1v) is 19.8. The highest BCUT2D eigenvalue weighted by atomic mass is 28.4. The molecule has 0 radical (unpaired) electrons. The third-order valence-corrected chi connectivity index (χ3v) is 14.3. The van der Waals surface area contributed by atoms with Crippen LogP contribution in [0.15, 0.2) is 85.2 Å². The van der Waals surface area contributed by atoms with Crippen LogP contribution in [0.1, 0.15) is 0 Å². The van der Waals surface area contributed by atoms with Gasteiger partial charge < -0.3 is 0 Å². The van der Waals surface area contributed by atoms with E-state index in [1.807, 2.05) is 12.4 Å². The van der Waals surface area contributed by atoms with Crippen LogP contribution in [-0.2, 0) is 0 Å². The molecule has 0 bridgehead atoms. The van der Waals surface area contributed by atoms with E-state index < -0.39 is 24.5 Å². The van der Waals surface area contributed by atoms with Gasteiger partial charge in [-0.15, -0.1) is 0 Å². The lowest BCUT2D eigenvalue weighted by Gasteiger charge is -2.38. The molecule has 0 amide bonds. The van der Waals surface area contributed by atoms with E-state index in [-0.39, 0.29) is 0 Å². The quantitative estimate of drug-likeness (QED) is 0.415. The minimum atomic E-state index is -2.82. The monoisotopic (exact) mass is 460 g/mol. The second-order valence-corrected chi connectivity index (χ2v) is 23.5. The molecule has 2 aromatic heterocycles. The Balaban J connectivity index is 2.21. The van der Waals surface area contributed by atoms with E-state index in [0.29, 0.717) is 0 Å². The Bertz CT molecular complexity index is 1060. The maximum Gasteiger partial charge on any atom is 0.371 e. The number of rotatable bonds is 6.